The minimum atomic E-state index is -0.709. The fourth-order valence-corrected chi connectivity index (χ4v) is 5.18. The molecule has 0 saturated carbocycles. The molecule has 32 heavy (non-hydrogen) atoms. The summed E-state index contributed by atoms with van der Waals surface area (Å²) in [5.41, 5.74) is 4.52. The first-order valence-electron chi connectivity index (χ1n) is 11.0. The lowest BCUT2D eigenvalue weighted by molar-refractivity contribution is -0.143. The van der Waals surface area contributed by atoms with Crippen LogP contribution in [0.1, 0.15) is 37.8 Å². The van der Waals surface area contributed by atoms with Gasteiger partial charge in [0, 0.05) is 28.9 Å². The molecule has 0 spiro atoms. The third kappa shape index (κ3) is 3.66. The Balaban J connectivity index is 1.44. The van der Waals surface area contributed by atoms with Gasteiger partial charge in [0.15, 0.2) is 0 Å². The lowest BCUT2D eigenvalue weighted by Crippen LogP contribution is -2.43. The zero-order valence-electron chi connectivity index (χ0n) is 18.0. The van der Waals surface area contributed by atoms with Gasteiger partial charge in [-0.05, 0) is 80.1 Å². The van der Waals surface area contributed by atoms with Gasteiger partial charge >= 0.3 is 5.97 Å². The molecule has 1 fully saturated rings. The molecule has 3 heterocycles. The monoisotopic (exact) mass is 435 g/mol. The van der Waals surface area contributed by atoms with Crippen molar-refractivity contribution in [3.8, 4) is 16.9 Å². The SMILES string of the molecule is COc1ccc(F)cc1-c1ccnc2[nH]c(C3=CCC(N4CCC[C@H]4C(=O)O)CC3)cc12. The van der Waals surface area contributed by atoms with E-state index in [1.807, 2.05) is 6.07 Å². The fourth-order valence-electron chi connectivity index (χ4n) is 5.18. The van der Waals surface area contributed by atoms with E-state index in [-0.39, 0.29) is 17.9 Å². The number of hydrogen-bond acceptors (Lipinski definition) is 4. The number of likely N-dealkylation sites (tertiary alicyclic amines) is 1. The third-order valence-electron chi connectivity index (χ3n) is 6.76. The van der Waals surface area contributed by atoms with Gasteiger partial charge in [-0.25, -0.2) is 9.37 Å². The second-order valence-corrected chi connectivity index (χ2v) is 8.54. The second-order valence-electron chi connectivity index (χ2n) is 8.54. The molecule has 166 valence electrons. The van der Waals surface area contributed by atoms with E-state index in [1.54, 1.807) is 19.4 Å². The first-order valence-corrected chi connectivity index (χ1v) is 11.0. The van der Waals surface area contributed by atoms with E-state index in [4.69, 9.17) is 4.74 Å². The molecule has 2 atom stereocenters. The summed E-state index contributed by atoms with van der Waals surface area (Å²) in [5, 5.41) is 10.4. The van der Waals surface area contributed by atoms with Crippen molar-refractivity contribution in [2.75, 3.05) is 13.7 Å². The molecule has 1 unspecified atom stereocenters. The Morgan fingerprint density at radius 3 is 2.88 bits per heavy atom. The highest BCUT2D eigenvalue weighted by atomic mass is 19.1. The molecule has 2 N–H and O–H groups in total. The number of aliphatic carboxylic acids is 1. The molecule has 1 aliphatic carbocycles. The Bertz CT molecular complexity index is 1200. The number of carbonyl (C=O) groups is 1. The van der Waals surface area contributed by atoms with Crippen molar-refractivity contribution in [2.45, 2.75) is 44.2 Å². The number of rotatable bonds is 5. The van der Waals surface area contributed by atoms with Gasteiger partial charge in [0.25, 0.3) is 0 Å². The predicted molar refractivity (Wildman–Crippen MR) is 121 cm³/mol. The number of aromatic amines is 1. The second kappa shape index (κ2) is 8.39. The van der Waals surface area contributed by atoms with E-state index in [0.717, 1.165) is 60.9 Å². The number of allylic oxidation sites excluding steroid dienone is 1. The number of ether oxygens (including phenoxy) is 1. The summed E-state index contributed by atoms with van der Waals surface area (Å²) >= 11 is 0. The van der Waals surface area contributed by atoms with E-state index >= 15 is 0 Å². The number of aromatic nitrogens is 2. The number of carboxylic acid groups (broad SMARTS) is 1. The molecule has 7 heteroatoms. The molecule has 0 radical (unpaired) electrons. The van der Waals surface area contributed by atoms with Crippen LogP contribution in [0.5, 0.6) is 5.75 Å². The largest absolute Gasteiger partial charge is 0.496 e. The van der Waals surface area contributed by atoms with Crippen LogP contribution in [0.15, 0.2) is 42.6 Å². The number of halogens is 1. The number of methoxy groups -OCH3 is 1. The van der Waals surface area contributed by atoms with Gasteiger partial charge in [-0.15, -0.1) is 0 Å². The maximum absolute atomic E-state index is 14.0. The molecular weight excluding hydrogens is 409 g/mol. The highest BCUT2D eigenvalue weighted by Crippen LogP contribution is 2.38. The molecule has 2 aliphatic rings. The third-order valence-corrected chi connectivity index (χ3v) is 6.76. The van der Waals surface area contributed by atoms with Crippen molar-refractivity contribution < 1.29 is 19.0 Å². The minimum Gasteiger partial charge on any atom is -0.496 e. The van der Waals surface area contributed by atoms with Crippen molar-refractivity contribution in [1.82, 2.24) is 14.9 Å². The molecule has 1 aliphatic heterocycles. The normalized spacial score (nSPS) is 21.6. The summed E-state index contributed by atoms with van der Waals surface area (Å²) in [4.78, 5) is 21.6. The van der Waals surface area contributed by atoms with Gasteiger partial charge in [0.2, 0.25) is 0 Å². The van der Waals surface area contributed by atoms with Crippen LogP contribution in [0.3, 0.4) is 0 Å². The van der Waals surface area contributed by atoms with Crippen LogP contribution in [0.2, 0.25) is 0 Å². The Hall–Kier alpha value is -3.19. The van der Waals surface area contributed by atoms with Gasteiger partial charge in [-0.1, -0.05) is 6.08 Å². The lowest BCUT2D eigenvalue weighted by Gasteiger charge is -2.33. The van der Waals surface area contributed by atoms with Gasteiger partial charge in [-0.2, -0.15) is 0 Å². The lowest BCUT2D eigenvalue weighted by atomic mass is 9.91. The van der Waals surface area contributed by atoms with Gasteiger partial charge in [-0.3, -0.25) is 9.69 Å². The van der Waals surface area contributed by atoms with Crippen molar-refractivity contribution in [3.63, 3.8) is 0 Å². The van der Waals surface area contributed by atoms with Crippen LogP contribution in [-0.4, -0.2) is 51.7 Å². The van der Waals surface area contributed by atoms with Crippen molar-refractivity contribution in [2.24, 2.45) is 0 Å². The summed E-state index contributed by atoms with van der Waals surface area (Å²) in [6.07, 6.45) is 8.27. The van der Waals surface area contributed by atoms with Crippen molar-refractivity contribution in [3.05, 3.63) is 54.1 Å². The van der Waals surface area contributed by atoms with Crippen LogP contribution in [0, 0.1) is 5.82 Å². The summed E-state index contributed by atoms with van der Waals surface area (Å²) in [6.45, 7) is 0.861. The van der Waals surface area contributed by atoms with Crippen LogP contribution >= 0.6 is 0 Å². The number of carboxylic acids is 1. The molecular formula is C25H26FN3O3. The van der Waals surface area contributed by atoms with Crippen molar-refractivity contribution in [1.29, 1.82) is 0 Å². The number of nitrogens with one attached hydrogen (secondary N) is 1. The predicted octanol–water partition coefficient (Wildman–Crippen LogP) is 4.86. The van der Waals surface area contributed by atoms with E-state index in [9.17, 15) is 14.3 Å². The quantitative estimate of drug-likeness (QED) is 0.598. The summed E-state index contributed by atoms with van der Waals surface area (Å²) in [6, 6.07) is 8.39. The molecule has 2 aromatic heterocycles. The summed E-state index contributed by atoms with van der Waals surface area (Å²) in [5.74, 6) is -0.414. The van der Waals surface area contributed by atoms with Crippen LogP contribution in [0.4, 0.5) is 4.39 Å². The number of H-pyrrole nitrogens is 1. The zero-order chi connectivity index (χ0) is 22.2. The Morgan fingerprint density at radius 1 is 1.25 bits per heavy atom. The minimum absolute atomic E-state index is 0.275. The number of fused-ring (bicyclic) bond motifs is 1. The van der Waals surface area contributed by atoms with E-state index in [1.165, 1.54) is 17.7 Å². The van der Waals surface area contributed by atoms with E-state index in [2.05, 4.69) is 27.0 Å². The van der Waals surface area contributed by atoms with Gasteiger partial charge in [0.1, 0.15) is 23.3 Å². The van der Waals surface area contributed by atoms with Crippen molar-refractivity contribution >= 4 is 22.6 Å². The number of pyridine rings is 1. The standard InChI is InChI=1S/C25H26FN3O3/c1-32-23-9-6-16(26)13-19(23)18-10-11-27-24-20(18)14-21(28-24)15-4-7-17(8-5-15)29-12-2-3-22(29)25(30)31/h4,6,9-11,13-14,17,22H,2-3,5,7-8,12H2,1H3,(H,27,28)(H,30,31)/t17?,22-/m0/s1. The molecule has 0 amide bonds. The molecule has 6 nitrogen and oxygen atoms in total. The molecule has 5 rings (SSSR count). The van der Waals surface area contributed by atoms with E-state index < -0.39 is 5.97 Å². The molecule has 0 bridgehead atoms. The van der Waals surface area contributed by atoms with Gasteiger partial charge < -0.3 is 14.8 Å². The van der Waals surface area contributed by atoms with Gasteiger partial charge in [0.05, 0.1) is 7.11 Å². The number of benzene rings is 1. The smallest absolute Gasteiger partial charge is 0.320 e. The zero-order valence-corrected chi connectivity index (χ0v) is 18.0. The summed E-state index contributed by atoms with van der Waals surface area (Å²) < 4.78 is 19.4. The first kappa shape index (κ1) is 20.7. The maximum atomic E-state index is 14.0. The maximum Gasteiger partial charge on any atom is 0.320 e. The highest BCUT2D eigenvalue weighted by molar-refractivity contribution is 5.96. The Labute approximate surface area is 185 Å². The first-order chi connectivity index (χ1) is 15.5. The molecule has 1 saturated heterocycles. The Morgan fingerprint density at radius 2 is 2.12 bits per heavy atom. The average Bonchev–Trinajstić information content (AvgIpc) is 3.46. The fraction of sp³-hybridized carbons (Fsp3) is 0.360. The highest BCUT2D eigenvalue weighted by Gasteiger charge is 2.35. The number of hydrogen-bond donors (Lipinski definition) is 2. The Kier molecular flexibility index (Phi) is 5.43. The topological polar surface area (TPSA) is 78.5 Å². The van der Waals surface area contributed by atoms with E-state index in [0.29, 0.717) is 11.3 Å². The van der Waals surface area contributed by atoms with Crippen LogP contribution in [-0.2, 0) is 4.79 Å². The molecule has 3 aromatic rings. The van der Waals surface area contributed by atoms with Crippen LogP contribution in [0.25, 0.3) is 27.7 Å². The number of nitrogens with zero attached hydrogens (tertiary/aromatic N) is 2. The summed E-state index contributed by atoms with van der Waals surface area (Å²) in [7, 11) is 1.58. The average molecular weight is 435 g/mol. The molecule has 1 aromatic carbocycles. The van der Waals surface area contributed by atoms with Crippen LogP contribution < -0.4 is 4.74 Å².